The molecule has 5 rings (SSSR count). The number of carbonyl (C=O) groups is 1. The van der Waals surface area contributed by atoms with Crippen molar-refractivity contribution in [1.82, 2.24) is 19.7 Å². The van der Waals surface area contributed by atoms with Crippen LogP contribution in [0.2, 0.25) is 0 Å². The maximum atomic E-state index is 12.3. The van der Waals surface area contributed by atoms with Crippen molar-refractivity contribution in [1.29, 1.82) is 0 Å². The zero-order valence-electron chi connectivity index (χ0n) is 22.3. The number of hydrogen-bond donors (Lipinski definition) is 3. The molecule has 200 valence electrons. The normalized spacial score (nSPS) is 13.7. The Morgan fingerprint density at radius 2 is 1.72 bits per heavy atom. The van der Waals surface area contributed by atoms with Gasteiger partial charge in [-0.3, -0.25) is 4.79 Å². The maximum Gasteiger partial charge on any atom is 0.237 e. The first-order valence-corrected chi connectivity index (χ1v) is 13.1. The fourth-order valence-electron chi connectivity index (χ4n) is 5.17. The molecule has 0 aliphatic rings. The van der Waals surface area contributed by atoms with Crippen LogP contribution >= 0.6 is 0 Å². The fraction of sp³-hybridized carbons (Fsp3) is 0.258. The number of nitrogens with two attached hydrogens (primary N) is 2. The van der Waals surface area contributed by atoms with Gasteiger partial charge in [-0.1, -0.05) is 66.7 Å². The molecular formula is C31H34N6O2. The molecule has 0 saturated heterocycles. The van der Waals surface area contributed by atoms with E-state index in [-0.39, 0.29) is 5.92 Å². The second kappa shape index (κ2) is 11.1. The van der Waals surface area contributed by atoms with Crippen LogP contribution in [0, 0.1) is 0 Å². The third kappa shape index (κ3) is 5.71. The molecule has 0 aliphatic heterocycles. The van der Waals surface area contributed by atoms with E-state index in [1.807, 2.05) is 66.9 Å². The SMILES string of the molecule is COc1ccccc1Cn1c(Cc2ccccc2)nnc1C(Cc1c[nH]c2ccccc12)CC(C)(N)C(N)=O. The highest BCUT2D eigenvalue weighted by Gasteiger charge is 2.34. The van der Waals surface area contributed by atoms with Crippen molar-refractivity contribution in [2.45, 2.75) is 44.2 Å². The van der Waals surface area contributed by atoms with Crippen LogP contribution in [0.5, 0.6) is 5.75 Å². The average molecular weight is 523 g/mol. The number of methoxy groups -OCH3 is 1. The zero-order valence-corrected chi connectivity index (χ0v) is 22.3. The summed E-state index contributed by atoms with van der Waals surface area (Å²) in [6.45, 7) is 2.19. The van der Waals surface area contributed by atoms with Crippen molar-refractivity contribution >= 4 is 16.8 Å². The van der Waals surface area contributed by atoms with Crippen LogP contribution < -0.4 is 16.2 Å². The summed E-state index contributed by atoms with van der Waals surface area (Å²) in [6, 6.07) is 26.3. The summed E-state index contributed by atoms with van der Waals surface area (Å²) in [5.74, 6) is 1.60. The average Bonchev–Trinajstić information content (AvgIpc) is 3.53. The van der Waals surface area contributed by atoms with E-state index in [4.69, 9.17) is 21.3 Å². The number of para-hydroxylation sites is 2. The van der Waals surface area contributed by atoms with E-state index in [9.17, 15) is 4.79 Å². The third-order valence-corrected chi connectivity index (χ3v) is 7.32. The quantitative estimate of drug-likeness (QED) is 0.238. The highest BCUT2D eigenvalue weighted by molar-refractivity contribution is 5.84. The summed E-state index contributed by atoms with van der Waals surface area (Å²) in [7, 11) is 1.67. The van der Waals surface area contributed by atoms with Gasteiger partial charge in [0.2, 0.25) is 5.91 Å². The van der Waals surface area contributed by atoms with Crippen molar-refractivity contribution in [2.24, 2.45) is 11.5 Å². The van der Waals surface area contributed by atoms with Gasteiger partial charge in [0.25, 0.3) is 0 Å². The molecule has 2 aromatic heterocycles. The molecule has 2 atom stereocenters. The van der Waals surface area contributed by atoms with Crippen molar-refractivity contribution in [3.8, 4) is 5.75 Å². The van der Waals surface area contributed by atoms with Gasteiger partial charge in [0.15, 0.2) is 0 Å². The number of hydrogen-bond acceptors (Lipinski definition) is 5. The van der Waals surface area contributed by atoms with Crippen molar-refractivity contribution in [3.05, 3.63) is 113 Å². The molecule has 0 spiro atoms. The van der Waals surface area contributed by atoms with E-state index in [1.165, 1.54) is 0 Å². The first-order chi connectivity index (χ1) is 18.9. The highest BCUT2D eigenvalue weighted by Crippen LogP contribution is 2.32. The van der Waals surface area contributed by atoms with Crippen molar-refractivity contribution in [2.75, 3.05) is 7.11 Å². The Kier molecular flexibility index (Phi) is 7.47. The monoisotopic (exact) mass is 522 g/mol. The second-order valence-corrected chi connectivity index (χ2v) is 10.3. The van der Waals surface area contributed by atoms with Gasteiger partial charge in [-0.25, -0.2) is 0 Å². The minimum Gasteiger partial charge on any atom is -0.496 e. The Balaban J connectivity index is 1.61. The summed E-state index contributed by atoms with van der Waals surface area (Å²) < 4.78 is 7.80. The molecule has 0 saturated carbocycles. The largest absolute Gasteiger partial charge is 0.496 e. The summed E-state index contributed by atoms with van der Waals surface area (Å²) >= 11 is 0. The van der Waals surface area contributed by atoms with Gasteiger partial charge >= 0.3 is 0 Å². The van der Waals surface area contributed by atoms with Gasteiger partial charge in [0, 0.05) is 35.0 Å². The van der Waals surface area contributed by atoms with E-state index in [2.05, 4.69) is 32.8 Å². The molecule has 8 heteroatoms. The van der Waals surface area contributed by atoms with E-state index < -0.39 is 11.4 Å². The number of primary amides is 1. The number of fused-ring (bicyclic) bond motifs is 1. The molecule has 0 bridgehead atoms. The predicted octanol–water partition coefficient (Wildman–Crippen LogP) is 4.33. The molecule has 2 heterocycles. The Labute approximate surface area is 228 Å². The van der Waals surface area contributed by atoms with Crippen LogP contribution in [0.15, 0.2) is 85.1 Å². The number of carbonyl (C=O) groups excluding carboxylic acids is 1. The molecule has 8 nitrogen and oxygen atoms in total. The van der Waals surface area contributed by atoms with E-state index in [0.717, 1.165) is 45.0 Å². The van der Waals surface area contributed by atoms with Crippen molar-refractivity contribution in [3.63, 3.8) is 0 Å². The Morgan fingerprint density at radius 3 is 2.49 bits per heavy atom. The lowest BCUT2D eigenvalue weighted by Crippen LogP contribution is -2.50. The number of rotatable bonds is 11. The van der Waals surface area contributed by atoms with Crippen molar-refractivity contribution < 1.29 is 9.53 Å². The number of amides is 1. The van der Waals surface area contributed by atoms with Crippen LogP contribution in [0.1, 0.15) is 47.6 Å². The van der Waals surface area contributed by atoms with Crippen LogP contribution in [0.3, 0.4) is 0 Å². The van der Waals surface area contributed by atoms with Crippen LogP contribution in [-0.4, -0.2) is 38.3 Å². The third-order valence-electron chi connectivity index (χ3n) is 7.32. The molecule has 3 aromatic carbocycles. The molecule has 5 aromatic rings. The molecule has 0 radical (unpaired) electrons. The van der Waals surface area contributed by atoms with E-state index in [1.54, 1.807) is 14.0 Å². The summed E-state index contributed by atoms with van der Waals surface area (Å²) in [5, 5.41) is 10.5. The first-order valence-electron chi connectivity index (χ1n) is 13.1. The molecule has 0 fully saturated rings. The van der Waals surface area contributed by atoms with Gasteiger partial charge in [-0.15, -0.1) is 10.2 Å². The molecule has 39 heavy (non-hydrogen) atoms. The van der Waals surface area contributed by atoms with Crippen LogP contribution in [0.25, 0.3) is 10.9 Å². The van der Waals surface area contributed by atoms with E-state index >= 15 is 0 Å². The minimum absolute atomic E-state index is 0.224. The molecule has 2 unspecified atom stereocenters. The highest BCUT2D eigenvalue weighted by atomic mass is 16.5. The number of benzene rings is 3. The summed E-state index contributed by atoms with van der Waals surface area (Å²) in [4.78, 5) is 15.7. The molecule has 5 N–H and O–H groups in total. The van der Waals surface area contributed by atoms with Gasteiger partial charge < -0.3 is 25.8 Å². The lowest BCUT2D eigenvalue weighted by atomic mass is 9.84. The minimum atomic E-state index is -1.22. The smallest absolute Gasteiger partial charge is 0.237 e. The number of nitrogens with one attached hydrogen (secondary N) is 1. The van der Waals surface area contributed by atoms with Crippen LogP contribution in [0.4, 0.5) is 0 Å². The first kappa shape index (κ1) is 26.2. The van der Waals surface area contributed by atoms with Gasteiger partial charge in [0.05, 0.1) is 19.2 Å². The Bertz CT molecular complexity index is 1570. The predicted molar refractivity (Wildman–Crippen MR) is 153 cm³/mol. The summed E-state index contributed by atoms with van der Waals surface area (Å²) in [5.41, 5.74) is 15.3. The molecule has 1 amide bonds. The number of aromatic amines is 1. The number of nitrogens with zero attached hydrogens (tertiary/aromatic N) is 3. The lowest BCUT2D eigenvalue weighted by molar-refractivity contribution is -0.122. The molecular weight excluding hydrogens is 488 g/mol. The maximum absolute atomic E-state index is 12.3. The van der Waals surface area contributed by atoms with Crippen LogP contribution in [-0.2, 0) is 24.2 Å². The van der Waals surface area contributed by atoms with Gasteiger partial charge in [-0.05, 0) is 43.0 Å². The fourth-order valence-corrected chi connectivity index (χ4v) is 5.17. The number of ether oxygens (including phenoxy) is 1. The topological polar surface area (TPSA) is 125 Å². The second-order valence-electron chi connectivity index (χ2n) is 10.3. The molecule has 0 aliphatic carbocycles. The van der Waals surface area contributed by atoms with Gasteiger partial charge in [-0.2, -0.15) is 0 Å². The lowest BCUT2D eigenvalue weighted by Gasteiger charge is -2.27. The van der Waals surface area contributed by atoms with Gasteiger partial charge in [0.1, 0.15) is 17.4 Å². The zero-order chi connectivity index (χ0) is 27.4. The Morgan fingerprint density at radius 1 is 1.00 bits per heavy atom. The standard InChI is InChI=1S/C31H34N6O2/c1-31(33,30(32)38)18-23(17-24-19-34-26-14-8-7-13-25(24)26)29-36-35-28(16-21-10-4-3-5-11-21)37(29)20-22-12-6-9-15-27(22)39-2/h3-15,19,23,34H,16-18,20,33H2,1-2H3,(H2,32,38). The number of aromatic nitrogens is 4. The van der Waals surface area contributed by atoms with E-state index in [0.29, 0.717) is 25.8 Å². The summed E-state index contributed by atoms with van der Waals surface area (Å²) in [6.07, 6.45) is 3.55. The Hall–Kier alpha value is -4.43. The number of H-pyrrole nitrogens is 1.